The number of anilines is 2. The highest BCUT2D eigenvalue weighted by atomic mass is 32.3. The molecule has 0 aromatic heterocycles. The molecule has 3 rings (SSSR count). The van der Waals surface area contributed by atoms with Gasteiger partial charge in [0.2, 0.25) is 5.91 Å². The predicted molar refractivity (Wildman–Crippen MR) is 146 cm³/mol. The third kappa shape index (κ3) is 11.0. The molecule has 23 heteroatoms. The molecule has 0 saturated heterocycles. The Morgan fingerprint density at radius 3 is 1.50 bits per heavy atom. The number of hydrogen-bond donors (Lipinski definition) is 3. The van der Waals surface area contributed by atoms with Gasteiger partial charge in [0.15, 0.2) is 0 Å². The molecular formula is C21H18F4N2O12S5. The lowest BCUT2D eigenvalue weighted by atomic mass is 10.2. The maximum absolute atomic E-state index is 13.2. The lowest BCUT2D eigenvalue weighted by Crippen LogP contribution is -2.12. The molecule has 0 aliphatic rings. The number of phenolic OH excluding ortho intramolecular Hbond substituents is 1. The standard InChI is InChI=1S/C14H12F2N2O8S3.C7H6F2O4S2/c1-8(19)17-13-3-2-9(4-14(13)20)18-27(21)26-10-5-11(28(15,22)23)7-12(6-10)29(16,24)25;1-5-2-6(14(8,10)11)4-7(3-5)15(9,12)13/h2-7,18,20H,1H3,(H,17,19);2-4H,1H3. The van der Waals surface area contributed by atoms with E-state index in [0.29, 0.717) is 18.2 Å². The van der Waals surface area contributed by atoms with Crippen molar-refractivity contribution in [1.82, 2.24) is 0 Å². The van der Waals surface area contributed by atoms with E-state index in [1.807, 2.05) is 0 Å². The summed E-state index contributed by atoms with van der Waals surface area (Å²) in [6.45, 7) is 2.54. The molecule has 0 radical (unpaired) electrons. The minimum Gasteiger partial charge on any atom is -0.506 e. The Morgan fingerprint density at radius 2 is 1.14 bits per heavy atom. The van der Waals surface area contributed by atoms with Crippen LogP contribution in [0.25, 0.3) is 0 Å². The number of amides is 1. The van der Waals surface area contributed by atoms with Gasteiger partial charge < -0.3 is 14.6 Å². The highest BCUT2D eigenvalue weighted by Crippen LogP contribution is 2.29. The van der Waals surface area contributed by atoms with Crippen molar-refractivity contribution in [3.63, 3.8) is 0 Å². The Morgan fingerprint density at radius 1 is 0.727 bits per heavy atom. The fourth-order valence-electron chi connectivity index (χ4n) is 2.97. The van der Waals surface area contributed by atoms with Gasteiger partial charge in [-0.2, -0.15) is 37.9 Å². The maximum atomic E-state index is 13.2. The second kappa shape index (κ2) is 13.5. The normalized spacial score (nSPS) is 12.8. The van der Waals surface area contributed by atoms with Crippen LogP contribution >= 0.6 is 0 Å². The molecular weight excluding hydrogens is 709 g/mol. The Kier molecular flexibility index (Phi) is 11.1. The molecule has 0 bridgehead atoms. The minimum atomic E-state index is -5.42. The van der Waals surface area contributed by atoms with Gasteiger partial charge in [-0.3, -0.25) is 9.52 Å². The first-order valence-electron chi connectivity index (χ1n) is 10.9. The average molecular weight is 727 g/mol. The monoisotopic (exact) mass is 726 g/mol. The van der Waals surface area contributed by atoms with Crippen molar-refractivity contribution in [2.75, 3.05) is 10.0 Å². The van der Waals surface area contributed by atoms with Gasteiger partial charge in [-0.05, 0) is 48.9 Å². The maximum Gasteiger partial charge on any atom is 0.332 e. The highest BCUT2D eigenvalue weighted by molar-refractivity contribution is 7.87. The number of hydrogen-bond acceptors (Lipinski definition) is 12. The van der Waals surface area contributed by atoms with Crippen molar-refractivity contribution in [3.05, 3.63) is 60.2 Å². The lowest BCUT2D eigenvalue weighted by molar-refractivity contribution is -0.114. The van der Waals surface area contributed by atoms with Gasteiger partial charge in [0.05, 0.1) is 11.4 Å². The molecule has 1 atom stereocenters. The third-order valence-electron chi connectivity index (χ3n) is 4.69. The first-order valence-corrected chi connectivity index (χ1v) is 17.5. The minimum absolute atomic E-state index is 0.0162. The first kappa shape index (κ1) is 36.4. The van der Waals surface area contributed by atoms with Crippen molar-refractivity contribution in [3.8, 4) is 11.5 Å². The van der Waals surface area contributed by atoms with Crippen LogP contribution in [0.4, 0.5) is 26.9 Å². The van der Waals surface area contributed by atoms with Gasteiger partial charge in [0, 0.05) is 25.1 Å². The number of benzene rings is 3. The third-order valence-corrected chi connectivity index (χ3v) is 8.63. The summed E-state index contributed by atoms with van der Waals surface area (Å²) in [6.07, 6.45) is 0. The molecule has 0 aliphatic carbocycles. The number of carbonyl (C=O) groups is 1. The van der Waals surface area contributed by atoms with Gasteiger partial charge >= 0.3 is 52.2 Å². The molecule has 1 amide bonds. The zero-order valence-corrected chi connectivity index (χ0v) is 25.8. The average Bonchev–Trinajstić information content (AvgIpc) is 2.83. The Bertz CT molecular complexity index is 1970. The number of aryl methyl sites for hydroxylation is 1. The zero-order valence-electron chi connectivity index (χ0n) is 21.7. The summed E-state index contributed by atoms with van der Waals surface area (Å²) in [7, 11) is -20.9. The Labute approximate surface area is 251 Å². The van der Waals surface area contributed by atoms with E-state index in [-0.39, 0.29) is 23.0 Å². The smallest absolute Gasteiger partial charge is 0.332 e. The molecule has 1 unspecified atom stereocenters. The first-order chi connectivity index (χ1) is 19.9. The van der Waals surface area contributed by atoms with Crippen LogP contribution in [0.3, 0.4) is 0 Å². The summed E-state index contributed by atoms with van der Waals surface area (Å²) in [5.74, 6) is -1.57. The second-order valence-corrected chi connectivity index (χ2v) is 14.4. The molecule has 0 saturated carbocycles. The van der Waals surface area contributed by atoms with Crippen LogP contribution in [0.1, 0.15) is 12.5 Å². The van der Waals surface area contributed by atoms with Crippen LogP contribution in [-0.4, -0.2) is 48.9 Å². The van der Waals surface area contributed by atoms with Crippen molar-refractivity contribution < 1.29 is 67.5 Å². The molecule has 44 heavy (non-hydrogen) atoms. The van der Waals surface area contributed by atoms with E-state index in [0.717, 1.165) is 18.2 Å². The summed E-state index contributed by atoms with van der Waals surface area (Å²) in [5, 5.41) is 12.1. The second-order valence-electron chi connectivity index (χ2n) is 8.21. The Hall–Kier alpha value is -3.80. The SMILES string of the molecule is CC(=O)Nc1ccc(NS(=O)Oc2cc(S(=O)(=O)F)cc(S(=O)(=O)F)c2)cc1O.Cc1cc(S(=O)(=O)F)cc(S(=O)(=O)F)c1. The van der Waals surface area contributed by atoms with Gasteiger partial charge in [-0.1, -0.05) is 0 Å². The molecule has 3 N–H and O–H groups in total. The largest absolute Gasteiger partial charge is 0.506 e. The van der Waals surface area contributed by atoms with Gasteiger partial charge in [-0.25, -0.2) is 0 Å². The van der Waals surface area contributed by atoms with E-state index in [2.05, 4.69) is 10.0 Å². The van der Waals surface area contributed by atoms with Crippen LogP contribution in [0.15, 0.2) is 74.2 Å². The van der Waals surface area contributed by atoms with Crippen molar-refractivity contribution in [2.24, 2.45) is 0 Å². The molecule has 0 fully saturated rings. The summed E-state index contributed by atoms with van der Waals surface area (Å²) < 4.78 is 156. The van der Waals surface area contributed by atoms with Crippen LogP contribution in [-0.2, 0) is 57.0 Å². The van der Waals surface area contributed by atoms with Crippen molar-refractivity contribution in [2.45, 2.75) is 33.4 Å². The number of carbonyl (C=O) groups excluding carboxylic acids is 1. The lowest BCUT2D eigenvalue weighted by Gasteiger charge is -2.10. The van der Waals surface area contributed by atoms with Crippen LogP contribution in [0, 0.1) is 6.92 Å². The van der Waals surface area contributed by atoms with Crippen molar-refractivity contribution >= 4 is 69.4 Å². The molecule has 0 spiro atoms. The summed E-state index contributed by atoms with van der Waals surface area (Å²) in [4.78, 5) is 6.79. The van der Waals surface area contributed by atoms with Crippen molar-refractivity contribution in [1.29, 1.82) is 0 Å². The van der Waals surface area contributed by atoms with Crippen LogP contribution < -0.4 is 14.2 Å². The van der Waals surface area contributed by atoms with E-state index in [9.17, 15) is 63.3 Å². The fraction of sp³-hybridized carbons (Fsp3) is 0.0952. The molecule has 3 aromatic rings. The highest BCUT2D eigenvalue weighted by Gasteiger charge is 2.22. The van der Waals surface area contributed by atoms with E-state index in [4.69, 9.17) is 4.18 Å². The molecule has 0 aliphatic heterocycles. The molecule has 14 nitrogen and oxygen atoms in total. The molecule has 3 aromatic carbocycles. The van der Waals surface area contributed by atoms with Crippen LogP contribution in [0.2, 0.25) is 0 Å². The van der Waals surface area contributed by atoms with Gasteiger partial charge in [-0.15, -0.1) is 15.5 Å². The van der Waals surface area contributed by atoms with Gasteiger partial charge in [0.25, 0.3) is 0 Å². The summed E-state index contributed by atoms with van der Waals surface area (Å²) in [5.41, 5.74) is 0.209. The fourth-order valence-corrected chi connectivity index (χ4v) is 5.99. The number of phenols is 1. The number of aromatic hydroxyl groups is 1. The number of halogens is 4. The Balaban J connectivity index is 0.000000378. The van der Waals surface area contributed by atoms with Gasteiger partial charge in [0.1, 0.15) is 31.1 Å². The van der Waals surface area contributed by atoms with E-state index in [1.165, 1.54) is 26.0 Å². The molecule has 0 heterocycles. The van der Waals surface area contributed by atoms with E-state index >= 15 is 0 Å². The summed E-state index contributed by atoms with van der Waals surface area (Å²) >= 11 is -2.50. The zero-order chi connectivity index (χ0) is 33.8. The quantitative estimate of drug-likeness (QED) is 0.164. The number of nitrogens with one attached hydrogen (secondary N) is 2. The molecule has 242 valence electrons. The predicted octanol–water partition coefficient (Wildman–Crippen LogP) is 3.05. The number of rotatable bonds is 9. The topological polar surface area (TPSA) is 224 Å². The summed E-state index contributed by atoms with van der Waals surface area (Å²) in [6, 6.07) is 7.08. The van der Waals surface area contributed by atoms with Crippen LogP contribution in [0.5, 0.6) is 11.5 Å². The van der Waals surface area contributed by atoms with E-state index in [1.54, 1.807) is 0 Å². The van der Waals surface area contributed by atoms with E-state index < -0.39 is 89.1 Å².